The highest BCUT2D eigenvalue weighted by molar-refractivity contribution is 5.84. The Kier molecular flexibility index (Phi) is 3.67. The van der Waals surface area contributed by atoms with Gasteiger partial charge >= 0.3 is 0 Å². The van der Waals surface area contributed by atoms with Crippen molar-refractivity contribution < 1.29 is 0 Å². The number of hydrogen-bond donors (Lipinski definition) is 0. The molecule has 0 saturated carbocycles. The van der Waals surface area contributed by atoms with Crippen molar-refractivity contribution in [3.8, 4) is 0 Å². The molecule has 4 heteroatoms. The first-order chi connectivity index (χ1) is 8.66. The molecule has 0 aliphatic carbocycles. The maximum atomic E-state index is 4.36. The number of rotatable bonds is 3. The highest BCUT2D eigenvalue weighted by Crippen LogP contribution is 2.05. The van der Waals surface area contributed by atoms with Gasteiger partial charge in [-0.1, -0.05) is 36.4 Å². The van der Waals surface area contributed by atoms with Crippen LogP contribution >= 0.6 is 0 Å². The SMILES string of the molecule is CC(C=Nn1c(C)nnc1C)=Cc1ccccc1. The van der Waals surface area contributed by atoms with Crippen LogP contribution in [0.5, 0.6) is 0 Å². The minimum atomic E-state index is 0.788. The Labute approximate surface area is 107 Å². The van der Waals surface area contributed by atoms with Crippen molar-refractivity contribution in [3.05, 3.63) is 53.1 Å². The molecule has 4 nitrogen and oxygen atoms in total. The first kappa shape index (κ1) is 12.2. The van der Waals surface area contributed by atoms with Gasteiger partial charge in [-0.05, 0) is 31.9 Å². The molecule has 0 amide bonds. The molecule has 0 N–H and O–H groups in total. The van der Waals surface area contributed by atoms with Crippen LogP contribution in [0.25, 0.3) is 6.08 Å². The number of aryl methyl sites for hydroxylation is 2. The number of hydrogen-bond acceptors (Lipinski definition) is 3. The molecule has 2 aromatic rings. The molecule has 18 heavy (non-hydrogen) atoms. The first-order valence-electron chi connectivity index (χ1n) is 5.83. The molecule has 2 rings (SSSR count). The summed E-state index contributed by atoms with van der Waals surface area (Å²) in [5, 5.41) is 12.3. The highest BCUT2D eigenvalue weighted by Gasteiger charge is 2.00. The van der Waals surface area contributed by atoms with E-state index in [1.54, 1.807) is 4.68 Å². The predicted molar refractivity (Wildman–Crippen MR) is 73.5 cm³/mol. The maximum Gasteiger partial charge on any atom is 0.151 e. The Morgan fingerprint density at radius 2 is 1.72 bits per heavy atom. The van der Waals surface area contributed by atoms with E-state index in [9.17, 15) is 0 Å². The third kappa shape index (κ3) is 2.91. The van der Waals surface area contributed by atoms with Gasteiger partial charge in [0.2, 0.25) is 0 Å². The molecular formula is C14H16N4. The smallest absolute Gasteiger partial charge is 0.151 e. The van der Waals surface area contributed by atoms with E-state index in [1.165, 1.54) is 5.56 Å². The summed E-state index contributed by atoms with van der Waals surface area (Å²) in [5.41, 5.74) is 2.24. The van der Waals surface area contributed by atoms with Gasteiger partial charge in [0.05, 0.1) is 6.21 Å². The summed E-state index contributed by atoms with van der Waals surface area (Å²) < 4.78 is 1.72. The number of nitrogens with zero attached hydrogens (tertiary/aromatic N) is 4. The van der Waals surface area contributed by atoms with Crippen LogP contribution in [-0.2, 0) is 0 Å². The van der Waals surface area contributed by atoms with E-state index in [2.05, 4.69) is 33.5 Å². The van der Waals surface area contributed by atoms with Crippen LogP contribution in [0.3, 0.4) is 0 Å². The lowest BCUT2D eigenvalue weighted by Crippen LogP contribution is -1.96. The average molecular weight is 240 g/mol. The zero-order valence-electron chi connectivity index (χ0n) is 10.8. The first-order valence-corrected chi connectivity index (χ1v) is 5.83. The molecule has 0 unspecified atom stereocenters. The quantitative estimate of drug-likeness (QED) is 0.774. The Hall–Kier alpha value is -2.23. The number of aromatic nitrogens is 3. The van der Waals surface area contributed by atoms with Gasteiger partial charge in [-0.25, -0.2) is 4.68 Å². The van der Waals surface area contributed by atoms with Gasteiger partial charge in [0, 0.05) is 0 Å². The van der Waals surface area contributed by atoms with Crippen LogP contribution in [0.2, 0.25) is 0 Å². The lowest BCUT2D eigenvalue weighted by atomic mass is 10.1. The third-order valence-electron chi connectivity index (χ3n) is 2.52. The Morgan fingerprint density at radius 3 is 2.33 bits per heavy atom. The molecule has 0 atom stereocenters. The van der Waals surface area contributed by atoms with Gasteiger partial charge < -0.3 is 0 Å². The van der Waals surface area contributed by atoms with Crippen LogP contribution in [0, 0.1) is 13.8 Å². The van der Waals surface area contributed by atoms with Crippen molar-refractivity contribution in [1.29, 1.82) is 0 Å². The zero-order chi connectivity index (χ0) is 13.0. The van der Waals surface area contributed by atoms with E-state index < -0.39 is 0 Å². The summed E-state index contributed by atoms with van der Waals surface area (Å²) in [4.78, 5) is 0. The molecule has 0 fully saturated rings. The molecule has 1 heterocycles. The standard InChI is InChI=1S/C14H16N4/c1-11(9-14-7-5-4-6-8-14)10-15-18-12(2)16-17-13(18)3/h4-10H,1-3H3. The molecular weight excluding hydrogens is 224 g/mol. The van der Waals surface area contributed by atoms with E-state index >= 15 is 0 Å². The fraction of sp³-hybridized carbons (Fsp3) is 0.214. The van der Waals surface area contributed by atoms with Gasteiger partial charge in [-0.15, -0.1) is 10.2 Å². The topological polar surface area (TPSA) is 43.1 Å². The third-order valence-corrected chi connectivity index (χ3v) is 2.52. The van der Waals surface area contributed by atoms with Crippen LogP contribution < -0.4 is 0 Å². The van der Waals surface area contributed by atoms with Crippen molar-refractivity contribution in [2.75, 3.05) is 0 Å². The van der Waals surface area contributed by atoms with Crippen molar-refractivity contribution in [1.82, 2.24) is 14.9 Å². The summed E-state index contributed by atoms with van der Waals surface area (Å²) in [6.07, 6.45) is 3.90. The molecule has 92 valence electrons. The molecule has 0 aliphatic heterocycles. The summed E-state index contributed by atoms with van der Waals surface area (Å²) >= 11 is 0. The molecule has 0 radical (unpaired) electrons. The summed E-state index contributed by atoms with van der Waals surface area (Å²) in [5.74, 6) is 1.58. The second-order valence-corrected chi connectivity index (χ2v) is 4.15. The van der Waals surface area contributed by atoms with E-state index in [-0.39, 0.29) is 0 Å². The predicted octanol–water partition coefficient (Wildman–Crippen LogP) is 2.83. The maximum absolute atomic E-state index is 4.36. The van der Waals surface area contributed by atoms with Gasteiger partial charge in [-0.3, -0.25) is 0 Å². The highest BCUT2D eigenvalue weighted by atomic mass is 15.4. The second-order valence-electron chi connectivity index (χ2n) is 4.15. The lowest BCUT2D eigenvalue weighted by Gasteiger charge is -1.98. The summed E-state index contributed by atoms with van der Waals surface area (Å²) in [6.45, 7) is 5.78. The van der Waals surface area contributed by atoms with Crippen molar-refractivity contribution in [2.24, 2.45) is 5.10 Å². The monoisotopic (exact) mass is 240 g/mol. The van der Waals surface area contributed by atoms with Gasteiger partial charge in [0.1, 0.15) is 0 Å². The van der Waals surface area contributed by atoms with Crippen molar-refractivity contribution >= 4 is 12.3 Å². The van der Waals surface area contributed by atoms with Crippen LogP contribution in [0.1, 0.15) is 24.1 Å². The normalized spacial score (nSPS) is 12.3. The summed E-state index contributed by atoms with van der Waals surface area (Å²) in [7, 11) is 0. The molecule has 0 bridgehead atoms. The Morgan fingerprint density at radius 1 is 1.11 bits per heavy atom. The molecule has 0 aliphatic rings. The average Bonchev–Trinajstić information content (AvgIpc) is 2.68. The van der Waals surface area contributed by atoms with Crippen LogP contribution in [0.15, 0.2) is 41.0 Å². The number of allylic oxidation sites excluding steroid dienone is 1. The van der Waals surface area contributed by atoms with Gasteiger partial charge in [0.15, 0.2) is 11.6 Å². The minimum absolute atomic E-state index is 0.788. The zero-order valence-corrected chi connectivity index (χ0v) is 10.8. The van der Waals surface area contributed by atoms with Crippen LogP contribution in [0.4, 0.5) is 0 Å². The van der Waals surface area contributed by atoms with Crippen molar-refractivity contribution in [3.63, 3.8) is 0 Å². The van der Waals surface area contributed by atoms with E-state index in [0.717, 1.165) is 17.2 Å². The Balaban J connectivity index is 2.17. The van der Waals surface area contributed by atoms with Gasteiger partial charge in [0.25, 0.3) is 0 Å². The van der Waals surface area contributed by atoms with E-state index in [0.29, 0.717) is 0 Å². The van der Waals surface area contributed by atoms with E-state index in [4.69, 9.17) is 0 Å². The molecule has 1 aromatic heterocycles. The van der Waals surface area contributed by atoms with Gasteiger partial charge in [-0.2, -0.15) is 5.10 Å². The molecule has 0 spiro atoms. The minimum Gasteiger partial charge on any atom is -0.202 e. The van der Waals surface area contributed by atoms with Crippen molar-refractivity contribution in [2.45, 2.75) is 20.8 Å². The van der Waals surface area contributed by atoms with E-state index in [1.807, 2.05) is 45.2 Å². The molecule has 1 aromatic carbocycles. The summed E-state index contributed by atoms with van der Waals surface area (Å²) in [6, 6.07) is 10.2. The fourth-order valence-corrected chi connectivity index (χ4v) is 1.63. The largest absolute Gasteiger partial charge is 0.202 e. The fourth-order valence-electron chi connectivity index (χ4n) is 1.63. The van der Waals surface area contributed by atoms with Crippen LogP contribution in [-0.4, -0.2) is 21.1 Å². The number of benzene rings is 1. The second kappa shape index (κ2) is 5.40. The molecule has 0 saturated heterocycles. The lowest BCUT2D eigenvalue weighted by molar-refractivity contribution is 0.798. The Bertz CT molecular complexity index is 560.